The maximum Gasteiger partial charge on any atom is 1.00 e. The van der Waals surface area contributed by atoms with E-state index in [0.29, 0.717) is 16.8 Å². The Kier molecular flexibility index (Phi) is 6.71. The monoisotopic (exact) mass is 503 g/mol. The van der Waals surface area contributed by atoms with Gasteiger partial charge in [-0.15, -0.1) is 0 Å². The molecule has 3 aliphatic heterocycles. The van der Waals surface area contributed by atoms with Crippen LogP contribution < -0.4 is 34.7 Å². The fraction of sp³-hybridized carbons (Fsp3) is 0.292. The first kappa shape index (κ1) is 25.6. The number of carbonyl (C=O) groups is 2. The molecule has 11 heteroatoms. The quantitative estimate of drug-likeness (QED) is 0.349. The van der Waals surface area contributed by atoms with Gasteiger partial charge >= 0.3 is 29.6 Å². The van der Waals surface area contributed by atoms with Crippen LogP contribution in [-0.4, -0.2) is 59.1 Å². The molecule has 0 spiro atoms. The number of fused-ring (bicyclic) bond motifs is 2. The Balaban J connectivity index is 0.00000289. The summed E-state index contributed by atoms with van der Waals surface area (Å²) in [5.74, 6) is -3.35. The van der Waals surface area contributed by atoms with Gasteiger partial charge in [0.15, 0.2) is 0 Å². The number of carboxylic acid groups (broad SMARTS) is 1. The Labute approximate surface area is 225 Å². The Bertz CT molecular complexity index is 1370. The van der Waals surface area contributed by atoms with Gasteiger partial charge in [-0.05, 0) is 18.6 Å². The minimum Gasteiger partial charge on any atom is -0.543 e. The largest absolute Gasteiger partial charge is 1.00 e. The van der Waals surface area contributed by atoms with Gasteiger partial charge in [-0.25, -0.2) is 0 Å². The number of β-lactam (4-membered cyclic amide) rings is 1. The second-order valence-corrected chi connectivity index (χ2v) is 10.5. The molecule has 1 saturated heterocycles. The molecule has 1 amide bonds. The van der Waals surface area contributed by atoms with Crippen LogP contribution in [0.25, 0.3) is 0 Å². The second-order valence-electron chi connectivity index (χ2n) is 8.71. The van der Waals surface area contributed by atoms with Crippen molar-refractivity contribution in [3.05, 3.63) is 77.0 Å². The Morgan fingerprint density at radius 3 is 2.40 bits per heavy atom. The Morgan fingerprint density at radius 2 is 1.77 bits per heavy atom. The van der Waals surface area contributed by atoms with Crippen LogP contribution in [-0.2, 0) is 19.6 Å². The van der Waals surface area contributed by atoms with Crippen LogP contribution in [0.15, 0.2) is 75.9 Å². The molecular weight excluding hydrogens is 481 g/mol. The first-order valence-corrected chi connectivity index (χ1v) is 12.3. The molecule has 0 radical (unpaired) electrons. The molecule has 5 rings (SSSR count). The number of nitrogens with zero attached hydrogens (tertiary/aromatic N) is 3. The average Bonchev–Trinajstić information content (AvgIpc) is 3.04. The molecule has 3 heterocycles. The van der Waals surface area contributed by atoms with E-state index in [4.69, 9.17) is 0 Å². The summed E-state index contributed by atoms with van der Waals surface area (Å²) in [5.41, 5.74) is 1.47. The van der Waals surface area contributed by atoms with Crippen molar-refractivity contribution in [2.75, 3.05) is 6.54 Å². The number of hydrogen-bond acceptors (Lipinski definition) is 7. The summed E-state index contributed by atoms with van der Waals surface area (Å²) in [6, 6.07) is 15.0. The fourth-order valence-electron chi connectivity index (χ4n) is 5.14. The van der Waals surface area contributed by atoms with Crippen molar-refractivity contribution < 1.29 is 57.8 Å². The third-order valence-corrected chi connectivity index (χ3v) is 8.45. The molecule has 1 fully saturated rings. The molecule has 2 aromatic carbocycles. The number of aliphatic hydroxyl groups excluding tert-OH is 1. The van der Waals surface area contributed by atoms with Gasteiger partial charge < -0.3 is 19.9 Å². The number of aliphatic hydroxyl groups is 1. The van der Waals surface area contributed by atoms with E-state index in [1.807, 2.05) is 30.3 Å². The van der Waals surface area contributed by atoms with Gasteiger partial charge in [0.25, 0.3) is 10.0 Å². The number of hydrazone groups is 1. The van der Waals surface area contributed by atoms with Crippen molar-refractivity contribution in [2.45, 2.75) is 30.9 Å². The summed E-state index contributed by atoms with van der Waals surface area (Å²) in [5, 5.41) is 26.5. The van der Waals surface area contributed by atoms with Gasteiger partial charge in [0.2, 0.25) is 5.91 Å². The van der Waals surface area contributed by atoms with Gasteiger partial charge in [0, 0.05) is 17.0 Å². The summed E-state index contributed by atoms with van der Waals surface area (Å²) < 4.78 is 27.8. The van der Waals surface area contributed by atoms with E-state index in [1.165, 1.54) is 13.0 Å². The summed E-state index contributed by atoms with van der Waals surface area (Å²) in [6.07, 6.45) is -0.966. The number of benzene rings is 2. The average molecular weight is 504 g/mol. The molecule has 2 aromatic rings. The van der Waals surface area contributed by atoms with Crippen molar-refractivity contribution >= 4 is 27.6 Å². The van der Waals surface area contributed by atoms with E-state index in [2.05, 4.69) is 5.10 Å². The molecular formula is C24H22N3NaO6S. The molecule has 0 unspecified atom stereocenters. The van der Waals surface area contributed by atoms with Crippen LogP contribution in [0.3, 0.4) is 0 Å². The van der Waals surface area contributed by atoms with Crippen molar-refractivity contribution in [1.82, 2.24) is 9.31 Å². The second kappa shape index (κ2) is 9.18. The third kappa shape index (κ3) is 3.84. The number of carbonyl (C=O) groups excluding carboxylic acids is 2. The van der Waals surface area contributed by atoms with Gasteiger partial charge in [-0.1, -0.05) is 55.5 Å². The zero-order valence-corrected chi connectivity index (χ0v) is 22.3. The Hall–Kier alpha value is -2.50. The predicted molar refractivity (Wildman–Crippen MR) is 119 cm³/mol. The van der Waals surface area contributed by atoms with Crippen LogP contribution in [0, 0.1) is 11.8 Å². The first-order chi connectivity index (χ1) is 16.1. The van der Waals surface area contributed by atoms with Gasteiger partial charge in [0.1, 0.15) is 5.71 Å². The summed E-state index contributed by atoms with van der Waals surface area (Å²) >= 11 is 0. The van der Waals surface area contributed by atoms with Crippen LogP contribution in [0.2, 0.25) is 0 Å². The number of carboxylic acids is 1. The van der Waals surface area contributed by atoms with E-state index in [9.17, 15) is 28.2 Å². The Morgan fingerprint density at radius 1 is 1.14 bits per heavy atom. The molecule has 1 N–H and O–H groups in total. The maximum absolute atomic E-state index is 13.5. The number of hydrogen-bond donors (Lipinski definition) is 1. The van der Waals surface area contributed by atoms with E-state index in [0.717, 1.165) is 9.31 Å². The number of aliphatic carboxylic acids is 1. The molecule has 3 aliphatic rings. The summed E-state index contributed by atoms with van der Waals surface area (Å²) in [6.45, 7) is 2.84. The molecule has 0 aliphatic carbocycles. The molecule has 9 nitrogen and oxygen atoms in total. The minimum absolute atomic E-state index is 0. The maximum atomic E-state index is 13.5. The topological polar surface area (TPSA) is 130 Å². The predicted octanol–water partition coefficient (Wildman–Crippen LogP) is -2.69. The zero-order valence-electron chi connectivity index (χ0n) is 19.5. The molecule has 35 heavy (non-hydrogen) atoms. The van der Waals surface area contributed by atoms with E-state index in [1.54, 1.807) is 25.1 Å². The van der Waals surface area contributed by atoms with Gasteiger partial charge in [-0.3, -0.25) is 4.79 Å². The van der Waals surface area contributed by atoms with Crippen LogP contribution in [0.1, 0.15) is 25.0 Å². The summed E-state index contributed by atoms with van der Waals surface area (Å²) in [4.78, 5) is 25.8. The van der Waals surface area contributed by atoms with E-state index < -0.39 is 45.9 Å². The fourth-order valence-corrected chi connectivity index (χ4v) is 6.56. The van der Waals surface area contributed by atoms with Crippen molar-refractivity contribution in [3.63, 3.8) is 0 Å². The summed E-state index contributed by atoms with van der Waals surface area (Å²) in [7, 11) is -4.10. The SMILES string of the molecule is C[C@@H](O)[C@H]1C(=O)N2C(C(=O)[O-])=C(CN3N=C(c4ccccc4)c4ccccc4S3(=O)=O)[C@H](C)[C@H]12.[Na+]. The molecule has 4 atom stereocenters. The standard InChI is InChI=1S/C24H23N3O6S.Na/c1-13-17(22(24(30)31)27-21(13)19(14(2)28)23(27)29)12-26-25-20(15-8-4-3-5-9-15)16-10-6-7-11-18(16)34(26,32)33;/h3-11,13-14,19,21,28H,12H2,1-2H3,(H,30,31);/q;+1/p-1/t13-,14+,19+,21+;/m0./s1. The number of sulfonamides is 1. The van der Waals surface area contributed by atoms with Crippen LogP contribution >= 0.6 is 0 Å². The number of amides is 1. The number of rotatable bonds is 5. The van der Waals surface area contributed by atoms with E-state index in [-0.39, 0.29) is 52.3 Å². The molecule has 0 saturated carbocycles. The van der Waals surface area contributed by atoms with Gasteiger partial charge in [0.05, 0.1) is 41.2 Å². The van der Waals surface area contributed by atoms with E-state index >= 15 is 0 Å². The van der Waals surface area contributed by atoms with Crippen LogP contribution in [0.4, 0.5) is 0 Å². The molecule has 0 bridgehead atoms. The van der Waals surface area contributed by atoms with Gasteiger partial charge in [-0.2, -0.15) is 17.9 Å². The zero-order chi connectivity index (χ0) is 24.4. The van der Waals surface area contributed by atoms with Crippen molar-refractivity contribution in [2.24, 2.45) is 16.9 Å². The van der Waals surface area contributed by atoms with Crippen LogP contribution in [0.5, 0.6) is 0 Å². The molecule has 0 aromatic heterocycles. The third-order valence-electron chi connectivity index (χ3n) is 6.77. The molecule has 176 valence electrons. The normalized spacial score (nSPS) is 25.2. The first-order valence-electron chi connectivity index (χ1n) is 10.9. The smallest absolute Gasteiger partial charge is 0.543 e. The minimum atomic E-state index is -4.10. The van der Waals surface area contributed by atoms with Crippen molar-refractivity contribution in [3.8, 4) is 0 Å². The van der Waals surface area contributed by atoms with Crippen molar-refractivity contribution in [1.29, 1.82) is 0 Å².